The molecular formula is C22H23Cl2N3O3. The molecule has 0 radical (unpaired) electrons. The number of halogens is 2. The van der Waals surface area contributed by atoms with Gasteiger partial charge in [-0.1, -0.05) is 42.0 Å². The number of rotatable bonds is 3. The quantitative estimate of drug-likeness (QED) is 0.434. The van der Waals surface area contributed by atoms with Crippen LogP contribution in [0, 0.1) is 5.92 Å². The van der Waals surface area contributed by atoms with Crippen molar-refractivity contribution >= 4 is 53.1 Å². The summed E-state index contributed by atoms with van der Waals surface area (Å²) < 4.78 is 3.86. The van der Waals surface area contributed by atoms with Crippen LogP contribution in [-0.4, -0.2) is 55.6 Å². The molecule has 2 unspecified atom stereocenters. The lowest BCUT2D eigenvalue weighted by atomic mass is 9.80. The highest BCUT2D eigenvalue weighted by molar-refractivity contribution is 6.30. The van der Waals surface area contributed by atoms with Crippen LogP contribution in [0.4, 0.5) is 5.69 Å². The molecule has 158 valence electrons. The Balaban J connectivity index is 0.000000589. The Morgan fingerprint density at radius 3 is 2.90 bits per heavy atom. The first-order valence-corrected chi connectivity index (χ1v) is 10.5. The number of benzene rings is 1. The minimum Gasteiger partial charge on any atom is -0.471 e. The van der Waals surface area contributed by atoms with Gasteiger partial charge in [0.15, 0.2) is 0 Å². The highest BCUT2D eigenvalue weighted by Gasteiger charge is 2.38. The number of hydrogen-bond donors (Lipinski definition) is 1. The predicted octanol–water partition coefficient (Wildman–Crippen LogP) is 3.83. The van der Waals surface area contributed by atoms with Crippen molar-refractivity contribution in [2.75, 3.05) is 31.4 Å². The number of para-hydroxylation sites is 1. The first-order valence-electron chi connectivity index (χ1n) is 9.56. The first-order chi connectivity index (χ1) is 14.6. The molecule has 0 fully saturated rings. The smallest absolute Gasteiger partial charge is 0.292 e. The van der Waals surface area contributed by atoms with E-state index in [0.717, 1.165) is 12.1 Å². The molecule has 1 N–H and O–H groups in total. The Labute approximate surface area is 185 Å². The number of allylic oxidation sites excluding steroid dienone is 2. The summed E-state index contributed by atoms with van der Waals surface area (Å²) >= 11 is 11.9. The standard InChI is InChI=1S/C20H19Cl2N3O.C2H4O2/c21-10-19(26)25-9-8-14-15-5-1-2-6-17(15)23-12-16(14)20(25)13-4-3-7-18(22)24-11-13;1-4-2-3/h1-7,11,13,20,23H,8-10,12H2;2H,1H3. The number of nitrogens with zero attached hydrogens (tertiary/aromatic N) is 2. The van der Waals surface area contributed by atoms with Crippen molar-refractivity contribution in [2.24, 2.45) is 10.9 Å². The molecule has 0 spiro atoms. The molecule has 8 heteroatoms. The van der Waals surface area contributed by atoms with Crippen LogP contribution in [-0.2, 0) is 14.3 Å². The minimum absolute atomic E-state index is 0.0181. The second-order valence-electron chi connectivity index (χ2n) is 6.88. The van der Waals surface area contributed by atoms with Gasteiger partial charge in [0.05, 0.1) is 13.2 Å². The minimum atomic E-state index is -0.109. The van der Waals surface area contributed by atoms with Gasteiger partial charge >= 0.3 is 0 Å². The first kappa shape index (κ1) is 22.1. The number of carbonyl (C=O) groups is 2. The fraction of sp³-hybridized carbons (Fsp3) is 0.318. The van der Waals surface area contributed by atoms with E-state index in [2.05, 4.69) is 39.3 Å². The number of alkyl halides is 1. The van der Waals surface area contributed by atoms with Crippen molar-refractivity contribution in [2.45, 2.75) is 12.5 Å². The van der Waals surface area contributed by atoms with Crippen LogP contribution in [0.15, 0.2) is 58.2 Å². The van der Waals surface area contributed by atoms with Crippen LogP contribution in [0.2, 0.25) is 0 Å². The zero-order valence-corrected chi connectivity index (χ0v) is 18.1. The van der Waals surface area contributed by atoms with E-state index in [4.69, 9.17) is 28.0 Å². The van der Waals surface area contributed by atoms with E-state index in [-0.39, 0.29) is 23.7 Å². The van der Waals surface area contributed by atoms with Crippen LogP contribution in [0.5, 0.6) is 0 Å². The lowest BCUT2D eigenvalue weighted by Crippen LogP contribution is -2.51. The molecule has 0 bridgehead atoms. The molecule has 3 heterocycles. The van der Waals surface area contributed by atoms with Gasteiger partial charge < -0.3 is 15.0 Å². The third kappa shape index (κ3) is 4.77. The third-order valence-electron chi connectivity index (χ3n) is 5.24. The van der Waals surface area contributed by atoms with Crippen molar-refractivity contribution in [1.82, 2.24) is 4.90 Å². The SMILES string of the molecule is COC=O.O=C(CCl)N1CCC2=C(CNc3ccccc32)C1C1C=CC=C(Cl)N=C1. The highest BCUT2D eigenvalue weighted by atomic mass is 35.5. The van der Waals surface area contributed by atoms with E-state index in [9.17, 15) is 4.79 Å². The maximum absolute atomic E-state index is 12.5. The number of ether oxygens (including phenoxy) is 1. The van der Waals surface area contributed by atoms with Crippen LogP contribution >= 0.6 is 23.2 Å². The Morgan fingerprint density at radius 2 is 2.17 bits per heavy atom. The maximum Gasteiger partial charge on any atom is 0.292 e. The molecule has 1 aromatic rings. The topological polar surface area (TPSA) is 71.0 Å². The highest BCUT2D eigenvalue weighted by Crippen LogP contribution is 2.40. The van der Waals surface area contributed by atoms with Gasteiger partial charge in [-0.25, -0.2) is 4.99 Å². The van der Waals surface area contributed by atoms with Crippen molar-refractivity contribution in [3.63, 3.8) is 0 Å². The molecule has 30 heavy (non-hydrogen) atoms. The number of methoxy groups -OCH3 is 1. The van der Waals surface area contributed by atoms with Crippen LogP contribution in [0.3, 0.4) is 0 Å². The van der Waals surface area contributed by atoms with E-state index >= 15 is 0 Å². The number of anilines is 1. The Morgan fingerprint density at radius 1 is 1.40 bits per heavy atom. The summed E-state index contributed by atoms with van der Waals surface area (Å²) in [5.41, 5.74) is 4.93. The van der Waals surface area contributed by atoms with Crippen LogP contribution in [0.1, 0.15) is 12.0 Å². The monoisotopic (exact) mass is 447 g/mol. The maximum atomic E-state index is 12.5. The van der Waals surface area contributed by atoms with E-state index in [0.29, 0.717) is 24.7 Å². The van der Waals surface area contributed by atoms with Gasteiger partial charge in [0, 0.05) is 36.5 Å². The average molecular weight is 448 g/mol. The number of fused-ring (bicyclic) bond motifs is 2. The van der Waals surface area contributed by atoms with E-state index < -0.39 is 0 Å². The largest absolute Gasteiger partial charge is 0.471 e. The van der Waals surface area contributed by atoms with Crippen molar-refractivity contribution < 1.29 is 14.3 Å². The van der Waals surface area contributed by atoms with Crippen molar-refractivity contribution in [1.29, 1.82) is 0 Å². The predicted molar refractivity (Wildman–Crippen MR) is 121 cm³/mol. The number of aliphatic imine (C=N–C) groups is 1. The molecule has 4 rings (SSSR count). The number of amides is 1. The molecule has 0 saturated carbocycles. The number of nitrogens with one attached hydrogen (secondary N) is 1. The van der Waals surface area contributed by atoms with Gasteiger partial charge in [-0.3, -0.25) is 9.59 Å². The van der Waals surface area contributed by atoms with Gasteiger partial charge in [-0.15, -0.1) is 11.6 Å². The Kier molecular flexibility index (Phi) is 7.71. The fourth-order valence-corrected chi connectivity index (χ4v) is 4.29. The summed E-state index contributed by atoms with van der Waals surface area (Å²) in [6.07, 6.45) is 8.38. The summed E-state index contributed by atoms with van der Waals surface area (Å²) in [6.45, 7) is 1.74. The fourth-order valence-electron chi connectivity index (χ4n) is 4.01. The summed E-state index contributed by atoms with van der Waals surface area (Å²) in [5, 5.41) is 3.94. The van der Waals surface area contributed by atoms with Gasteiger partial charge in [0.2, 0.25) is 5.91 Å². The van der Waals surface area contributed by atoms with Gasteiger partial charge in [-0.05, 0) is 29.7 Å². The Bertz CT molecular complexity index is 924. The van der Waals surface area contributed by atoms with Gasteiger partial charge in [0.25, 0.3) is 6.47 Å². The van der Waals surface area contributed by atoms with E-state index in [1.807, 2.05) is 23.3 Å². The zero-order chi connectivity index (χ0) is 21.5. The average Bonchev–Trinajstić information content (AvgIpc) is 3.01. The normalized spacial score (nSPS) is 21.8. The Hall–Kier alpha value is -2.57. The molecular weight excluding hydrogens is 425 g/mol. The molecule has 0 aromatic heterocycles. The molecule has 0 aliphatic carbocycles. The lowest BCUT2D eigenvalue weighted by molar-refractivity contribution is -0.130. The number of hydrogen-bond acceptors (Lipinski definition) is 5. The van der Waals surface area contributed by atoms with Crippen molar-refractivity contribution in [3.8, 4) is 0 Å². The number of carbonyl (C=O) groups excluding carboxylic acids is 2. The van der Waals surface area contributed by atoms with E-state index in [1.165, 1.54) is 23.8 Å². The van der Waals surface area contributed by atoms with Crippen molar-refractivity contribution in [3.05, 3.63) is 58.8 Å². The van der Waals surface area contributed by atoms with Gasteiger partial charge in [-0.2, -0.15) is 0 Å². The molecule has 0 saturated heterocycles. The summed E-state index contributed by atoms with van der Waals surface area (Å²) in [7, 11) is 1.31. The zero-order valence-electron chi connectivity index (χ0n) is 16.6. The summed E-state index contributed by atoms with van der Waals surface area (Å²) in [6, 6.07) is 8.22. The second-order valence-corrected chi connectivity index (χ2v) is 7.53. The summed E-state index contributed by atoms with van der Waals surface area (Å²) in [5.74, 6) is -0.116. The van der Waals surface area contributed by atoms with Gasteiger partial charge in [0.1, 0.15) is 11.0 Å². The molecule has 1 aromatic carbocycles. The lowest BCUT2D eigenvalue weighted by Gasteiger charge is -2.43. The molecule has 1 amide bonds. The van der Waals surface area contributed by atoms with Crippen LogP contribution < -0.4 is 5.32 Å². The second kappa shape index (κ2) is 10.5. The third-order valence-corrected chi connectivity index (χ3v) is 5.69. The molecule has 2 atom stereocenters. The molecule has 6 nitrogen and oxygen atoms in total. The summed E-state index contributed by atoms with van der Waals surface area (Å²) in [4.78, 5) is 27.7. The molecule has 3 aliphatic heterocycles. The van der Waals surface area contributed by atoms with E-state index in [1.54, 1.807) is 6.08 Å². The molecule has 3 aliphatic rings. The van der Waals surface area contributed by atoms with Crippen LogP contribution in [0.25, 0.3) is 5.57 Å².